The molecule has 0 N–H and O–H groups in total. The molecule has 0 saturated carbocycles. The first-order chi connectivity index (χ1) is 10.9. The van der Waals surface area contributed by atoms with Gasteiger partial charge in [0.15, 0.2) is 11.5 Å². The lowest BCUT2D eigenvalue weighted by Crippen LogP contribution is -2.32. The Balaban J connectivity index is 2.22. The zero-order chi connectivity index (χ0) is 17.1. The molecule has 1 heterocycles. The fourth-order valence-electron chi connectivity index (χ4n) is 2.15. The van der Waals surface area contributed by atoms with Gasteiger partial charge in [0.05, 0.1) is 13.7 Å². The lowest BCUT2D eigenvalue weighted by atomic mass is 10.2. The highest BCUT2D eigenvalue weighted by Crippen LogP contribution is 2.30. The number of ether oxygens (including phenoxy) is 2. The maximum absolute atomic E-state index is 12.3. The standard InChI is InChI=1S/C14H14F2N2O5/c1-3-17-11(19)12(20)18(14(17)21)7-8-4-5-9(23-13(15)16)10(6-8)22-2/h4-6,13H,3,7H2,1-2H3. The van der Waals surface area contributed by atoms with Gasteiger partial charge in [-0.25, -0.2) is 4.79 Å². The van der Waals surface area contributed by atoms with Crippen LogP contribution in [0, 0.1) is 0 Å². The van der Waals surface area contributed by atoms with Crippen LogP contribution in [0.2, 0.25) is 0 Å². The number of methoxy groups -OCH3 is 1. The molecule has 23 heavy (non-hydrogen) atoms. The van der Waals surface area contributed by atoms with Gasteiger partial charge in [-0.3, -0.25) is 19.4 Å². The lowest BCUT2D eigenvalue weighted by Gasteiger charge is -2.16. The highest BCUT2D eigenvalue weighted by molar-refractivity contribution is 6.44. The SMILES string of the molecule is CCN1C(=O)C(=O)N(Cc2ccc(OC(F)F)c(OC)c2)C1=O. The number of alkyl halides is 2. The van der Waals surface area contributed by atoms with Crippen molar-refractivity contribution in [3.8, 4) is 11.5 Å². The van der Waals surface area contributed by atoms with Crippen molar-refractivity contribution in [3.63, 3.8) is 0 Å². The van der Waals surface area contributed by atoms with E-state index in [0.29, 0.717) is 5.56 Å². The summed E-state index contributed by atoms with van der Waals surface area (Å²) in [6.07, 6.45) is 0. The third-order valence-corrected chi connectivity index (χ3v) is 3.24. The topological polar surface area (TPSA) is 76.2 Å². The second-order valence-corrected chi connectivity index (χ2v) is 4.59. The van der Waals surface area contributed by atoms with Gasteiger partial charge in [0.25, 0.3) is 0 Å². The summed E-state index contributed by atoms with van der Waals surface area (Å²) in [4.78, 5) is 37.0. The number of likely N-dealkylation sites (N-methyl/N-ethyl adjacent to an activating group) is 1. The molecule has 9 heteroatoms. The Morgan fingerprint density at radius 3 is 2.26 bits per heavy atom. The van der Waals surface area contributed by atoms with E-state index in [1.54, 1.807) is 6.92 Å². The van der Waals surface area contributed by atoms with Crippen molar-refractivity contribution in [1.29, 1.82) is 0 Å². The van der Waals surface area contributed by atoms with Crippen LogP contribution < -0.4 is 9.47 Å². The van der Waals surface area contributed by atoms with Gasteiger partial charge in [-0.15, -0.1) is 0 Å². The summed E-state index contributed by atoms with van der Waals surface area (Å²) in [5.41, 5.74) is 0.427. The van der Waals surface area contributed by atoms with E-state index in [-0.39, 0.29) is 24.6 Å². The predicted molar refractivity (Wildman–Crippen MR) is 73.0 cm³/mol. The van der Waals surface area contributed by atoms with Crippen LogP contribution in [-0.2, 0) is 16.1 Å². The summed E-state index contributed by atoms with van der Waals surface area (Å²) in [6.45, 7) is -1.52. The monoisotopic (exact) mass is 328 g/mol. The van der Waals surface area contributed by atoms with Gasteiger partial charge in [-0.2, -0.15) is 8.78 Å². The Hall–Kier alpha value is -2.71. The minimum atomic E-state index is -3.01. The van der Waals surface area contributed by atoms with Crippen LogP contribution in [0.3, 0.4) is 0 Å². The maximum atomic E-state index is 12.3. The molecule has 0 bridgehead atoms. The minimum Gasteiger partial charge on any atom is -0.493 e. The Labute approximate surface area is 130 Å². The van der Waals surface area contributed by atoms with Crippen LogP contribution in [-0.4, -0.2) is 47.9 Å². The fraction of sp³-hybridized carbons (Fsp3) is 0.357. The van der Waals surface area contributed by atoms with E-state index in [4.69, 9.17) is 4.74 Å². The average Bonchev–Trinajstić information content (AvgIpc) is 2.71. The second kappa shape index (κ2) is 6.59. The predicted octanol–water partition coefficient (Wildman–Crippen LogP) is 1.61. The molecule has 4 amide bonds. The van der Waals surface area contributed by atoms with Crippen LogP contribution in [0.25, 0.3) is 0 Å². The van der Waals surface area contributed by atoms with Crippen molar-refractivity contribution in [2.24, 2.45) is 0 Å². The summed E-state index contributed by atoms with van der Waals surface area (Å²) >= 11 is 0. The van der Waals surface area contributed by atoms with E-state index in [1.165, 1.54) is 25.3 Å². The van der Waals surface area contributed by atoms with Crippen molar-refractivity contribution in [2.45, 2.75) is 20.1 Å². The van der Waals surface area contributed by atoms with Crippen LogP contribution in [0.1, 0.15) is 12.5 Å². The van der Waals surface area contributed by atoms with Crippen molar-refractivity contribution in [3.05, 3.63) is 23.8 Å². The van der Waals surface area contributed by atoms with E-state index in [0.717, 1.165) is 9.80 Å². The van der Waals surface area contributed by atoms with E-state index < -0.39 is 24.5 Å². The molecule has 0 radical (unpaired) electrons. The van der Waals surface area contributed by atoms with Gasteiger partial charge >= 0.3 is 24.5 Å². The Morgan fingerprint density at radius 1 is 1.09 bits per heavy atom. The van der Waals surface area contributed by atoms with Crippen LogP contribution in [0.5, 0.6) is 11.5 Å². The summed E-state index contributed by atoms with van der Waals surface area (Å²) in [5, 5.41) is 0. The molecule has 7 nitrogen and oxygen atoms in total. The van der Waals surface area contributed by atoms with Gasteiger partial charge in [0, 0.05) is 6.54 Å². The molecular weight excluding hydrogens is 314 g/mol. The number of amides is 4. The first kappa shape index (κ1) is 16.7. The molecule has 0 aromatic heterocycles. The second-order valence-electron chi connectivity index (χ2n) is 4.59. The number of nitrogens with zero attached hydrogens (tertiary/aromatic N) is 2. The van der Waals surface area contributed by atoms with Gasteiger partial charge in [0.1, 0.15) is 0 Å². The van der Waals surface area contributed by atoms with Crippen molar-refractivity contribution >= 4 is 17.8 Å². The van der Waals surface area contributed by atoms with E-state index in [9.17, 15) is 23.2 Å². The van der Waals surface area contributed by atoms with Crippen molar-refractivity contribution in [1.82, 2.24) is 9.80 Å². The number of benzene rings is 1. The molecule has 1 fully saturated rings. The zero-order valence-corrected chi connectivity index (χ0v) is 12.4. The first-order valence-electron chi connectivity index (χ1n) is 6.68. The Bertz CT molecular complexity index is 650. The summed E-state index contributed by atoms with van der Waals surface area (Å²) < 4.78 is 33.8. The number of carbonyl (C=O) groups excluding carboxylic acids is 3. The summed E-state index contributed by atoms with van der Waals surface area (Å²) in [6, 6.07) is 3.29. The molecule has 1 aromatic rings. The molecule has 124 valence electrons. The molecule has 1 saturated heterocycles. The number of halogens is 2. The number of imide groups is 2. The quantitative estimate of drug-likeness (QED) is 0.586. The summed E-state index contributed by atoms with van der Waals surface area (Å²) in [5.74, 6) is -1.96. The highest BCUT2D eigenvalue weighted by atomic mass is 19.3. The number of rotatable bonds is 6. The third-order valence-electron chi connectivity index (χ3n) is 3.24. The summed E-state index contributed by atoms with van der Waals surface area (Å²) in [7, 11) is 1.27. The molecule has 0 unspecified atom stereocenters. The normalized spacial score (nSPS) is 14.9. The minimum absolute atomic E-state index is 0.0283. The van der Waals surface area contributed by atoms with Crippen LogP contribution >= 0.6 is 0 Å². The van der Waals surface area contributed by atoms with Crippen molar-refractivity contribution in [2.75, 3.05) is 13.7 Å². The smallest absolute Gasteiger partial charge is 0.387 e. The largest absolute Gasteiger partial charge is 0.493 e. The number of hydrogen-bond donors (Lipinski definition) is 0. The number of hydrogen-bond acceptors (Lipinski definition) is 5. The molecule has 2 rings (SSSR count). The fourth-order valence-corrected chi connectivity index (χ4v) is 2.15. The molecule has 1 aromatic carbocycles. The molecular formula is C14H14F2N2O5. The Kier molecular flexibility index (Phi) is 4.77. The molecule has 0 atom stereocenters. The molecule has 0 spiro atoms. The van der Waals surface area contributed by atoms with Crippen LogP contribution in [0.4, 0.5) is 13.6 Å². The van der Waals surface area contributed by atoms with Gasteiger partial charge in [0.2, 0.25) is 0 Å². The van der Waals surface area contributed by atoms with E-state index >= 15 is 0 Å². The molecule has 0 aliphatic carbocycles. The number of urea groups is 1. The third kappa shape index (κ3) is 3.22. The number of carbonyl (C=O) groups is 3. The van der Waals surface area contributed by atoms with E-state index in [1.807, 2.05) is 0 Å². The zero-order valence-electron chi connectivity index (χ0n) is 12.4. The lowest BCUT2D eigenvalue weighted by molar-refractivity contribution is -0.143. The first-order valence-corrected chi connectivity index (χ1v) is 6.68. The van der Waals surface area contributed by atoms with Gasteiger partial charge < -0.3 is 9.47 Å². The van der Waals surface area contributed by atoms with Crippen molar-refractivity contribution < 1.29 is 32.6 Å². The molecule has 1 aliphatic heterocycles. The van der Waals surface area contributed by atoms with Gasteiger partial charge in [-0.05, 0) is 24.6 Å². The van der Waals surface area contributed by atoms with Crippen LogP contribution in [0.15, 0.2) is 18.2 Å². The van der Waals surface area contributed by atoms with E-state index in [2.05, 4.69) is 4.74 Å². The molecule has 1 aliphatic rings. The van der Waals surface area contributed by atoms with Gasteiger partial charge in [-0.1, -0.05) is 6.07 Å². The Morgan fingerprint density at radius 2 is 1.74 bits per heavy atom. The average molecular weight is 328 g/mol. The highest BCUT2D eigenvalue weighted by Gasteiger charge is 2.43. The maximum Gasteiger partial charge on any atom is 0.387 e.